The number of thiophene rings is 1. The van der Waals surface area contributed by atoms with Crippen molar-refractivity contribution in [3.05, 3.63) is 21.9 Å². The number of carbonyl (C=O) groups is 1. The zero-order valence-corrected chi connectivity index (χ0v) is 8.45. The van der Waals surface area contributed by atoms with E-state index in [2.05, 4.69) is 0 Å². The summed E-state index contributed by atoms with van der Waals surface area (Å²) in [5.74, 6) is -2.10. The second-order valence-electron chi connectivity index (χ2n) is 3.06. The molecule has 0 bridgehead atoms. The number of halogens is 3. The monoisotopic (exact) mass is 239 g/mol. The van der Waals surface area contributed by atoms with Crippen LogP contribution in [-0.2, 0) is 10.3 Å². The maximum atomic E-state index is 12.5. The first-order chi connectivity index (χ1) is 6.69. The van der Waals surface area contributed by atoms with Gasteiger partial charge in [0.15, 0.2) is 0 Å². The number of hydrogen-bond donors (Lipinski definition) is 2. The average molecular weight is 239 g/mol. The van der Waals surface area contributed by atoms with E-state index < -0.39 is 23.2 Å². The number of aryl methyl sites for hydroxylation is 1. The fourth-order valence-electron chi connectivity index (χ4n) is 1.06. The van der Waals surface area contributed by atoms with Gasteiger partial charge in [0.25, 0.3) is 0 Å². The normalized spacial score (nSPS) is 16.1. The van der Waals surface area contributed by atoms with Gasteiger partial charge in [-0.3, -0.25) is 0 Å². The molecule has 0 saturated carbocycles. The molecular formula is C8H8F3NO2S. The van der Waals surface area contributed by atoms with Crippen LogP contribution in [0.2, 0.25) is 0 Å². The molecule has 3 nitrogen and oxygen atoms in total. The van der Waals surface area contributed by atoms with Crippen molar-refractivity contribution in [3.63, 3.8) is 0 Å². The Morgan fingerprint density at radius 1 is 1.53 bits per heavy atom. The van der Waals surface area contributed by atoms with Crippen molar-refractivity contribution < 1.29 is 23.1 Å². The Balaban J connectivity index is 3.31. The van der Waals surface area contributed by atoms with Crippen molar-refractivity contribution in [2.75, 3.05) is 0 Å². The minimum absolute atomic E-state index is 0.440. The van der Waals surface area contributed by atoms with Crippen LogP contribution in [0.15, 0.2) is 11.4 Å². The fourth-order valence-corrected chi connectivity index (χ4v) is 1.82. The molecule has 0 spiro atoms. The van der Waals surface area contributed by atoms with Crippen LogP contribution in [0.1, 0.15) is 10.4 Å². The van der Waals surface area contributed by atoms with E-state index in [1.54, 1.807) is 6.92 Å². The Bertz CT molecular complexity index is 387. The summed E-state index contributed by atoms with van der Waals surface area (Å²) in [5.41, 5.74) is 1.17. The van der Waals surface area contributed by atoms with E-state index in [1.807, 2.05) is 0 Å². The first-order valence-electron chi connectivity index (χ1n) is 3.84. The molecule has 1 aromatic rings. The standard InChI is InChI=1S/C8H8F3NO2S/c1-4-2-5(3-15-4)7(12,6(13)14)8(9,10)11/h2-3H,12H2,1H3,(H,13,14). The Morgan fingerprint density at radius 3 is 2.33 bits per heavy atom. The molecule has 7 heteroatoms. The highest BCUT2D eigenvalue weighted by atomic mass is 32.1. The SMILES string of the molecule is Cc1cc(C(N)(C(=O)O)C(F)(F)F)cs1. The number of hydrogen-bond acceptors (Lipinski definition) is 3. The van der Waals surface area contributed by atoms with Crippen LogP contribution in [0.3, 0.4) is 0 Å². The summed E-state index contributed by atoms with van der Waals surface area (Å²) in [6, 6.07) is 1.13. The molecule has 1 unspecified atom stereocenters. The van der Waals surface area contributed by atoms with Crippen LogP contribution in [0.25, 0.3) is 0 Å². The predicted molar refractivity (Wildman–Crippen MR) is 48.6 cm³/mol. The molecule has 1 heterocycles. The van der Waals surface area contributed by atoms with Crippen molar-refractivity contribution in [3.8, 4) is 0 Å². The largest absolute Gasteiger partial charge is 0.479 e. The summed E-state index contributed by atoms with van der Waals surface area (Å²) >= 11 is 1.02. The van der Waals surface area contributed by atoms with Crippen molar-refractivity contribution in [2.24, 2.45) is 5.73 Å². The van der Waals surface area contributed by atoms with Crippen LogP contribution in [0.5, 0.6) is 0 Å². The van der Waals surface area contributed by atoms with Crippen molar-refractivity contribution >= 4 is 17.3 Å². The second kappa shape index (κ2) is 3.49. The number of carboxylic acids is 1. The van der Waals surface area contributed by atoms with Crippen LogP contribution < -0.4 is 5.73 Å². The molecule has 0 saturated heterocycles. The Hall–Kier alpha value is -1.08. The molecule has 84 valence electrons. The van der Waals surface area contributed by atoms with Gasteiger partial charge in [-0.05, 0) is 18.4 Å². The minimum Gasteiger partial charge on any atom is -0.479 e. The van der Waals surface area contributed by atoms with Gasteiger partial charge in [0.1, 0.15) is 0 Å². The summed E-state index contributed by atoms with van der Waals surface area (Å²) in [6.07, 6.45) is -5.02. The maximum Gasteiger partial charge on any atom is 0.421 e. The van der Waals surface area contributed by atoms with Crippen LogP contribution in [-0.4, -0.2) is 17.3 Å². The van der Waals surface area contributed by atoms with Crippen LogP contribution in [0.4, 0.5) is 13.2 Å². The molecule has 0 aliphatic carbocycles. The highest BCUT2D eigenvalue weighted by Crippen LogP contribution is 2.38. The zero-order chi connectivity index (χ0) is 11.9. The zero-order valence-electron chi connectivity index (χ0n) is 7.63. The highest BCUT2D eigenvalue weighted by Gasteiger charge is 2.59. The number of alkyl halides is 3. The molecule has 1 aromatic heterocycles. The molecule has 15 heavy (non-hydrogen) atoms. The third-order valence-corrected chi connectivity index (χ3v) is 2.83. The number of carboxylic acid groups (broad SMARTS) is 1. The molecule has 1 rings (SSSR count). The number of rotatable bonds is 2. The third kappa shape index (κ3) is 1.84. The van der Waals surface area contributed by atoms with Gasteiger partial charge in [-0.25, -0.2) is 4.79 Å². The smallest absolute Gasteiger partial charge is 0.421 e. The highest BCUT2D eigenvalue weighted by molar-refractivity contribution is 7.10. The molecular weight excluding hydrogens is 231 g/mol. The topological polar surface area (TPSA) is 63.3 Å². The van der Waals surface area contributed by atoms with Crippen LogP contribution >= 0.6 is 11.3 Å². The number of aliphatic carboxylic acids is 1. The van der Waals surface area contributed by atoms with E-state index in [9.17, 15) is 18.0 Å². The Morgan fingerprint density at radius 2 is 2.07 bits per heavy atom. The van der Waals surface area contributed by atoms with E-state index in [0.717, 1.165) is 22.8 Å². The van der Waals surface area contributed by atoms with Gasteiger partial charge in [0.05, 0.1) is 0 Å². The van der Waals surface area contributed by atoms with Gasteiger partial charge < -0.3 is 10.8 Å². The van der Waals surface area contributed by atoms with E-state index in [-0.39, 0.29) is 0 Å². The van der Waals surface area contributed by atoms with Gasteiger partial charge in [-0.1, -0.05) is 0 Å². The molecule has 1 atom stereocenters. The Labute approximate surface area is 87.3 Å². The molecule has 0 aliphatic rings. The lowest BCUT2D eigenvalue weighted by Crippen LogP contribution is -2.56. The van der Waals surface area contributed by atoms with E-state index >= 15 is 0 Å². The minimum atomic E-state index is -5.02. The van der Waals surface area contributed by atoms with Gasteiger partial charge in [-0.2, -0.15) is 13.2 Å². The summed E-state index contributed by atoms with van der Waals surface area (Å²) < 4.78 is 37.6. The van der Waals surface area contributed by atoms with E-state index in [4.69, 9.17) is 10.8 Å². The molecule has 0 aromatic carbocycles. The number of nitrogens with two attached hydrogens (primary N) is 1. The molecule has 0 aliphatic heterocycles. The predicted octanol–water partition coefficient (Wildman–Crippen LogP) is 1.86. The summed E-state index contributed by atoms with van der Waals surface area (Å²) in [6.45, 7) is 1.58. The molecule has 3 N–H and O–H groups in total. The lowest BCUT2D eigenvalue weighted by atomic mass is 9.92. The van der Waals surface area contributed by atoms with Crippen molar-refractivity contribution in [2.45, 2.75) is 18.6 Å². The van der Waals surface area contributed by atoms with Gasteiger partial charge >= 0.3 is 12.1 Å². The molecule has 0 amide bonds. The maximum absolute atomic E-state index is 12.5. The van der Waals surface area contributed by atoms with Gasteiger partial charge in [-0.15, -0.1) is 11.3 Å². The molecule has 0 radical (unpaired) electrons. The van der Waals surface area contributed by atoms with Crippen molar-refractivity contribution in [1.29, 1.82) is 0 Å². The first-order valence-corrected chi connectivity index (χ1v) is 4.72. The lowest BCUT2D eigenvalue weighted by Gasteiger charge is -2.26. The first kappa shape index (κ1) is 12.0. The molecule has 0 fully saturated rings. The van der Waals surface area contributed by atoms with Crippen molar-refractivity contribution in [1.82, 2.24) is 0 Å². The third-order valence-electron chi connectivity index (χ3n) is 1.97. The lowest BCUT2D eigenvalue weighted by molar-refractivity contribution is -0.204. The van der Waals surface area contributed by atoms with Gasteiger partial charge in [0.2, 0.25) is 5.54 Å². The quantitative estimate of drug-likeness (QED) is 0.827. The van der Waals surface area contributed by atoms with Gasteiger partial charge in [0, 0.05) is 10.4 Å². The average Bonchev–Trinajstić information content (AvgIpc) is 2.48. The van der Waals surface area contributed by atoms with E-state index in [0.29, 0.717) is 4.88 Å². The fraction of sp³-hybridized carbons (Fsp3) is 0.375. The summed E-state index contributed by atoms with van der Waals surface area (Å²) in [7, 11) is 0. The second-order valence-corrected chi connectivity index (χ2v) is 4.17. The Kier molecular flexibility index (Phi) is 2.79. The van der Waals surface area contributed by atoms with E-state index in [1.165, 1.54) is 0 Å². The summed E-state index contributed by atoms with van der Waals surface area (Å²) in [4.78, 5) is 11.2. The van der Waals surface area contributed by atoms with Crippen LogP contribution in [0, 0.1) is 6.92 Å². The summed E-state index contributed by atoms with van der Waals surface area (Å²) in [5, 5.41) is 9.70.